The van der Waals surface area contributed by atoms with E-state index in [9.17, 15) is 19.5 Å². The van der Waals surface area contributed by atoms with E-state index in [-0.39, 0.29) is 23.9 Å². The van der Waals surface area contributed by atoms with E-state index >= 15 is 0 Å². The monoisotopic (exact) mass is 461 g/mol. The molecule has 1 aromatic heterocycles. The van der Waals surface area contributed by atoms with E-state index in [0.717, 1.165) is 47.9 Å². The van der Waals surface area contributed by atoms with Crippen LogP contribution in [-0.4, -0.2) is 31.3 Å². The number of carboxylic acids is 1. The lowest BCUT2D eigenvalue weighted by molar-refractivity contribution is 0.0696. The van der Waals surface area contributed by atoms with Crippen molar-refractivity contribution in [3.63, 3.8) is 0 Å². The molecule has 1 fully saturated rings. The van der Waals surface area contributed by atoms with Crippen LogP contribution < -0.4 is 5.69 Å². The summed E-state index contributed by atoms with van der Waals surface area (Å²) in [4.78, 5) is 37.4. The molecule has 2 aromatic carbocycles. The molecule has 7 nitrogen and oxygen atoms in total. The van der Waals surface area contributed by atoms with Gasteiger partial charge >= 0.3 is 11.7 Å². The zero-order valence-electron chi connectivity index (χ0n) is 19.5. The molecule has 0 aliphatic heterocycles. The van der Waals surface area contributed by atoms with Crippen LogP contribution in [0.3, 0.4) is 0 Å². The van der Waals surface area contributed by atoms with Gasteiger partial charge in [-0.2, -0.15) is 5.10 Å². The Balaban J connectivity index is 1.46. The molecule has 0 radical (unpaired) electrons. The van der Waals surface area contributed by atoms with Gasteiger partial charge in [0.15, 0.2) is 0 Å². The molecule has 0 spiro atoms. The number of aromatic carboxylic acids is 1. The number of aromatic nitrogens is 3. The molecular formula is C27H31N3O4. The third-order valence-electron chi connectivity index (χ3n) is 6.82. The number of nitrogens with zero attached hydrogens (tertiary/aromatic N) is 3. The summed E-state index contributed by atoms with van der Waals surface area (Å²) in [6, 6.07) is 14.3. The van der Waals surface area contributed by atoms with Gasteiger partial charge < -0.3 is 5.11 Å². The van der Waals surface area contributed by atoms with Crippen molar-refractivity contribution in [3.8, 4) is 11.1 Å². The summed E-state index contributed by atoms with van der Waals surface area (Å²) >= 11 is 0. The van der Waals surface area contributed by atoms with Crippen LogP contribution in [0.5, 0.6) is 0 Å². The SMILES string of the molecule is CCCCC1CCCC(C(=O)n2ncn(Cc3ccc(-c4ccccc4C(=O)O)cc3)c2=O)C1. The Morgan fingerprint density at radius 3 is 2.59 bits per heavy atom. The van der Waals surface area contributed by atoms with Gasteiger partial charge in [0.1, 0.15) is 6.33 Å². The van der Waals surface area contributed by atoms with Crippen molar-refractivity contribution in [2.75, 3.05) is 0 Å². The minimum Gasteiger partial charge on any atom is -0.478 e. The third-order valence-corrected chi connectivity index (χ3v) is 6.82. The second-order valence-electron chi connectivity index (χ2n) is 9.21. The maximum Gasteiger partial charge on any atom is 0.353 e. The largest absolute Gasteiger partial charge is 0.478 e. The first-order valence-electron chi connectivity index (χ1n) is 12.1. The second-order valence-corrected chi connectivity index (χ2v) is 9.21. The van der Waals surface area contributed by atoms with Crippen LogP contribution in [0.25, 0.3) is 11.1 Å². The highest BCUT2D eigenvalue weighted by molar-refractivity contribution is 5.96. The molecule has 1 heterocycles. The van der Waals surface area contributed by atoms with Crippen molar-refractivity contribution in [2.45, 2.75) is 58.4 Å². The van der Waals surface area contributed by atoms with Crippen molar-refractivity contribution >= 4 is 11.9 Å². The fraction of sp³-hybridized carbons (Fsp3) is 0.407. The summed E-state index contributed by atoms with van der Waals surface area (Å²) in [6.07, 6.45) is 8.77. The summed E-state index contributed by atoms with van der Waals surface area (Å²) in [6.45, 7) is 2.47. The molecule has 1 aliphatic carbocycles. The van der Waals surface area contributed by atoms with E-state index < -0.39 is 11.7 Å². The van der Waals surface area contributed by atoms with E-state index in [4.69, 9.17) is 0 Å². The van der Waals surface area contributed by atoms with Crippen molar-refractivity contribution in [1.82, 2.24) is 14.3 Å². The van der Waals surface area contributed by atoms with Crippen molar-refractivity contribution in [1.29, 1.82) is 0 Å². The molecular weight excluding hydrogens is 430 g/mol. The highest BCUT2D eigenvalue weighted by Gasteiger charge is 2.29. The Morgan fingerprint density at radius 1 is 1.09 bits per heavy atom. The highest BCUT2D eigenvalue weighted by atomic mass is 16.4. The molecule has 4 rings (SSSR count). The van der Waals surface area contributed by atoms with Gasteiger partial charge in [0, 0.05) is 5.92 Å². The van der Waals surface area contributed by atoms with Gasteiger partial charge in [0.25, 0.3) is 5.91 Å². The number of unbranched alkanes of at least 4 members (excludes halogenated alkanes) is 1. The van der Waals surface area contributed by atoms with Gasteiger partial charge in [-0.05, 0) is 41.5 Å². The molecule has 0 bridgehead atoms. The molecule has 34 heavy (non-hydrogen) atoms. The van der Waals surface area contributed by atoms with Crippen molar-refractivity contribution in [2.24, 2.45) is 11.8 Å². The van der Waals surface area contributed by atoms with E-state index in [0.29, 0.717) is 11.5 Å². The summed E-state index contributed by atoms with van der Waals surface area (Å²) in [5.41, 5.74) is 2.12. The maximum absolute atomic E-state index is 13.0. The lowest BCUT2D eigenvalue weighted by Crippen LogP contribution is -2.36. The van der Waals surface area contributed by atoms with E-state index in [1.54, 1.807) is 24.3 Å². The molecule has 1 saturated carbocycles. The third kappa shape index (κ3) is 5.19. The Labute approximate surface area is 199 Å². The van der Waals surface area contributed by atoms with Gasteiger partial charge in [0.2, 0.25) is 0 Å². The summed E-state index contributed by atoms with van der Waals surface area (Å²) < 4.78 is 2.47. The van der Waals surface area contributed by atoms with Gasteiger partial charge in [-0.15, -0.1) is 4.68 Å². The Bertz CT molecular complexity index is 1210. The zero-order valence-corrected chi connectivity index (χ0v) is 19.5. The molecule has 2 atom stereocenters. The van der Waals surface area contributed by atoms with Gasteiger partial charge in [-0.1, -0.05) is 81.5 Å². The van der Waals surface area contributed by atoms with Crippen LogP contribution >= 0.6 is 0 Å². The first-order chi connectivity index (χ1) is 16.5. The van der Waals surface area contributed by atoms with Gasteiger partial charge in [-0.3, -0.25) is 9.36 Å². The Morgan fingerprint density at radius 2 is 1.85 bits per heavy atom. The first-order valence-corrected chi connectivity index (χ1v) is 12.1. The first kappa shape index (κ1) is 23.7. The van der Waals surface area contributed by atoms with Crippen LogP contribution in [-0.2, 0) is 6.54 Å². The summed E-state index contributed by atoms with van der Waals surface area (Å²) in [5.74, 6) is -0.737. The molecule has 7 heteroatoms. The molecule has 0 amide bonds. The second kappa shape index (κ2) is 10.6. The van der Waals surface area contributed by atoms with Crippen LogP contribution in [0.15, 0.2) is 59.7 Å². The maximum atomic E-state index is 13.0. The zero-order chi connectivity index (χ0) is 24.1. The topological polar surface area (TPSA) is 94.2 Å². The minimum atomic E-state index is -0.974. The lowest BCUT2D eigenvalue weighted by Gasteiger charge is -2.27. The van der Waals surface area contributed by atoms with Crippen LogP contribution in [0.4, 0.5) is 0 Å². The number of carboxylic acid groups (broad SMARTS) is 1. The molecule has 178 valence electrons. The quantitative estimate of drug-likeness (QED) is 0.504. The molecule has 0 saturated heterocycles. The Hall–Kier alpha value is -3.48. The normalized spacial score (nSPS) is 18.0. The number of hydrogen-bond donors (Lipinski definition) is 1. The number of hydrogen-bond acceptors (Lipinski definition) is 4. The smallest absolute Gasteiger partial charge is 0.353 e. The number of carbonyl (C=O) groups is 2. The predicted molar refractivity (Wildman–Crippen MR) is 130 cm³/mol. The fourth-order valence-electron chi connectivity index (χ4n) is 4.95. The average molecular weight is 462 g/mol. The van der Waals surface area contributed by atoms with E-state index in [1.165, 1.54) is 23.7 Å². The standard InChI is InChI=1S/C27H31N3O4/c1-2-3-7-19-8-6-9-22(16-19)25(31)30-27(34)29(18-28-30)17-20-12-14-21(15-13-20)23-10-4-5-11-24(23)26(32)33/h4-5,10-15,18-19,22H,2-3,6-9,16-17H2,1H3,(H,32,33). The van der Waals surface area contributed by atoms with Crippen LogP contribution in [0.2, 0.25) is 0 Å². The minimum absolute atomic E-state index is 0.134. The van der Waals surface area contributed by atoms with Crippen LogP contribution in [0.1, 0.15) is 72.6 Å². The van der Waals surface area contributed by atoms with E-state index in [1.807, 2.05) is 24.3 Å². The lowest BCUT2D eigenvalue weighted by atomic mass is 9.79. The molecule has 3 aromatic rings. The summed E-state index contributed by atoms with van der Waals surface area (Å²) in [7, 11) is 0. The molecule has 2 unspecified atom stereocenters. The fourth-order valence-corrected chi connectivity index (χ4v) is 4.95. The average Bonchev–Trinajstić information content (AvgIpc) is 3.22. The van der Waals surface area contributed by atoms with E-state index in [2.05, 4.69) is 12.0 Å². The van der Waals surface area contributed by atoms with Crippen molar-refractivity contribution < 1.29 is 14.7 Å². The molecule has 1 N–H and O–H groups in total. The molecule has 1 aliphatic rings. The van der Waals surface area contributed by atoms with Crippen LogP contribution in [0, 0.1) is 11.8 Å². The Kier molecular flexibility index (Phi) is 7.40. The predicted octanol–water partition coefficient (Wildman–Crippen LogP) is 5.10. The highest BCUT2D eigenvalue weighted by Crippen LogP contribution is 2.33. The van der Waals surface area contributed by atoms with Crippen molar-refractivity contribution in [3.05, 3.63) is 76.5 Å². The number of benzene rings is 2. The van der Waals surface area contributed by atoms with Gasteiger partial charge in [0.05, 0.1) is 12.1 Å². The van der Waals surface area contributed by atoms with Gasteiger partial charge in [-0.25, -0.2) is 9.59 Å². The summed E-state index contributed by atoms with van der Waals surface area (Å²) in [5, 5.41) is 13.5. The number of rotatable bonds is 8. The number of carbonyl (C=O) groups excluding carboxylic acids is 1.